The Hall–Kier alpha value is -1.69. The Morgan fingerprint density at radius 1 is 1.32 bits per heavy atom. The first kappa shape index (κ1) is 13.7. The van der Waals surface area contributed by atoms with E-state index in [0.29, 0.717) is 11.7 Å². The summed E-state index contributed by atoms with van der Waals surface area (Å²) in [7, 11) is 0. The summed E-state index contributed by atoms with van der Waals surface area (Å²) in [6.45, 7) is 8.32. The predicted molar refractivity (Wildman–Crippen MR) is 76.6 cm³/mol. The van der Waals surface area contributed by atoms with Crippen LogP contribution in [0.2, 0.25) is 0 Å². The van der Waals surface area contributed by atoms with Crippen LogP contribution in [0, 0.1) is 5.41 Å². The molecule has 2 heterocycles. The lowest BCUT2D eigenvalue weighted by atomic mass is 10.2. The van der Waals surface area contributed by atoms with Crippen molar-refractivity contribution in [1.82, 2.24) is 14.9 Å². The van der Waals surface area contributed by atoms with Gasteiger partial charge in [-0.2, -0.15) is 0 Å². The van der Waals surface area contributed by atoms with E-state index in [1.807, 2.05) is 0 Å². The molecule has 0 spiro atoms. The molecule has 0 amide bonds. The number of nitrogens with two attached hydrogens (primary N) is 1. The zero-order valence-corrected chi connectivity index (χ0v) is 11.6. The summed E-state index contributed by atoms with van der Waals surface area (Å²) in [4.78, 5) is 13.1. The Labute approximate surface area is 114 Å². The number of hydrogen-bond donors (Lipinski definition) is 2. The van der Waals surface area contributed by atoms with Crippen molar-refractivity contribution in [2.24, 2.45) is 5.73 Å². The second-order valence-electron chi connectivity index (χ2n) is 4.92. The normalized spacial score (nSPS) is 18.3. The fourth-order valence-corrected chi connectivity index (χ4v) is 2.38. The Kier molecular flexibility index (Phi) is 4.31. The minimum Gasteiger partial charge on any atom is -0.382 e. The van der Waals surface area contributed by atoms with Crippen LogP contribution in [0.1, 0.15) is 26.0 Å². The molecule has 3 N–H and O–H groups in total. The first-order chi connectivity index (χ1) is 9.13. The number of hydrogen-bond acceptors (Lipinski definition) is 5. The summed E-state index contributed by atoms with van der Waals surface area (Å²) < 4.78 is 0. The summed E-state index contributed by atoms with van der Waals surface area (Å²) in [5.74, 6) is 0.714. The van der Waals surface area contributed by atoms with Crippen LogP contribution in [0.3, 0.4) is 0 Å². The van der Waals surface area contributed by atoms with Crippen molar-refractivity contribution in [2.75, 3.05) is 31.1 Å². The van der Waals surface area contributed by atoms with Crippen molar-refractivity contribution in [3.05, 3.63) is 18.1 Å². The zero-order chi connectivity index (χ0) is 13.8. The molecule has 0 aliphatic carbocycles. The lowest BCUT2D eigenvalue weighted by molar-refractivity contribution is 0.192. The van der Waals surface area contributed by atoms with Gasteiger partial charge in [0.2, 0.25) is 0 Å². The molecular formula is C13H22N6. The van der Waals surface area contributed by atoms with Gasteiger partial charge >= 0.3 is 0 Å². The van der Waals surface area contributed by atoms with Gasteiger partial charge in [0, 0.05) is 44.6 Å². The van der Waals surface area contributed by atoms with Crippen LogP contribution in [0.15, 0.2) is 12.4 Å². The molecule has 1 aromatic rings. The summed E-state index contributed by atoms with van der Waals surface area (Å²) >= 11 is 0. The molecule has 1 saturated heterocycles. The largest absolute Gasteiger partial charge is 0.382 e. The van der Waals surface area contributed by atoms with E-state index in [1.165, 1.54) is 6.42 Å². The van der Waals surface area contributed by atoms with Gasteiger partial charge in [0.05, 0.1) is 0 Å². The quantitative estimate of drug-likeness (QED) is 0.616. The van der Waals surface area contributed by atoms with Gasteiger partial charge in [0.25, 0.3) is 0 Å². The maximum atomic E-state index is 7.57. The third kappa shape index (κ3) is 3.01. The number of anilines is 1. The average Bonchev–Trinajstić information content (AvgIpc) is 2.46. The highest BCUT2D eigenvalue weighted by Gasteiger charge is 2.23. The molecule has 0 saturated carbocycles. The Balaban J connectivity index is 2.08. The van der Waals surface area contributed by atoms with E-state index in [-0.39, 0.29) is 5.84 Å². The molecule has 1 aliphatic rings. The molecule has 2 rings (SSSR count). The molecule has 1 aliphatic heterocycles. The number of rotatable bonds is 4. The van der Waals surface area contributed by atoms with Crippen molar-refractivity contribution in [3.8, 4) is 0 Å². The van der Waals surface area contributed by atoms with E-state index in [4.69, 9.17) is 11.1 Å². The van der Waals surface area contributed by atoms with Crippen LogP contribution in [0.4, 0.5) is 5.82 Å². The van der Waals surface area contributed by atoms with Crippen LogP contribution in [0.25, 0.3) is 0 Å². The summed E-state index contributed by atoms with van der Waals surface area (Å²) in [6.07, 6.45) is 4.41. The van der Waals surface area contributed by atoms with Gasteiger partial charge in [0.15, 0.2) is 5.82 Å². The number of amidine groups is 1. The molecule has 1 aromatic heterocycles. The van der Waals surface area contributed by atoms with E-state index in [9.17, 15) is 0 Å². The Morgan fingerprint density at radius 3 is 2.53 bits per heavy atom. The van der Waals surface area contributed by atoms with Crippen molar-refractivity contribution in [1.29, 1.82) is 5.41 Å². The number of piperazine rings is 1. The SMILES string of the molecule is CCC(C)N1CCN(c2nccnc2C(=N)N)CC1. The number of nitrogens with one attached hydrogen (secondary N) is 1. The maximum absolute atomic E-state index is 7.57. The predicted octanol–water partition coefficient (Wildman–Crippen LogP) is 0.681. The van der Waals surface area contributed by atoms with Gasteiger partial charge in [-0.25, -0.2) is 9.97 Å². The van der Waals surface area contributed by atoms with E-state index < -0.39 is 0 Å². The maximum Gasteiger partial charge on any atom is 0.158 e. The fourth-order valence-electron chi connectivity index (χ4n) is 2.38. The molecule has 1 atom stereocenters. The molecule has 6 heteroatoms. The smallest absolute Gasteiger partial charge is 0.158 e. The van der Waals surface area contributed by atoms with Crippen molar-refractivity contribution < 1.29 is 0 Å². The Bertz CT molecular complexity index is 439. The lowest BCUT2D eigenvalue weighted by Crippen LogP contribution is -2.50. The third-order valence-electron chi connectivity index (χ3n) is 3.76. The van der Waals surface area contributed by atoms with Crippen molar-refractivity contribution in [3.63, 3.8) is 0 Å². The summed E-state index contributed by atoms with van der Waals surface area (Å²) in [6, 6.07) is 0.622. The van der Waals surface area contributed by atoms with Crippen molar-refractivity contribution in [2.45, 2.75) is 26.3 Å². The van der Waals surface area contributed by atoms with E-state index in [1.54, 1.807) is 12.4 Å². The van der Waals surface area contributed by atoms with Crippen molar-refractivity contribution >= 4 is 11.7 Å². The number of aromatic nitrogens is 2. The molecule has 0 bridgehead atoms. The standard InChI is InChI=1S/C13H22N6/c1-3-10(2)18-6-8-19(9-7-18)13-11(12(14)15)16-4-5-17-13/h4-5,10H,3,6-9H2,1-2H3,(H3,14,15). The first-order valence-corrected chi connectivity index (χ1v) is 6.78. The molecule has 1 unspecified atom stereocenters. The first-order valence-electron chi connectivity index (χ1n) is 6.78. The third-order valence-corrected chi connectivity index (χ3v) is 3.76. The van der Waals surface area contributed by atoms with Gasteiger partial charge in [-0.05, 0) is 13.3 Å². The summed E-state index contributed by atoms with van der Waals surface area (Å²) in [5.41, 5.74) is 6.05. The molecule has 19 heavy (non-hydrogen) atoms. The topological polar surface area (TPSA) is 82.1 Å². The van der Waals surface area contributed by atoms with Crippen LogP contribution in [0.5, 0.6) is 0 Å². The van der Waals surface area contributed by atoms with E-state index in [0.717, 1.165) is 32.0 Å². The second-order valence-corrected chi connectivity index (χ2v) is 4.92. The molecule has 0 aromatic carbocycles. The molecule has 0 radical (unpaired) electrons. The van der Waals surface area contributed by atoms with Gasteiger partial charge in [-0.3, -0.25) is 10.3 Å². The van der Waals surface area contributed by atoms with Gasteiger partial charge in [0.1, 0.15) is 11.5 Å². The monoisotopic (exact) mass is 262 g/mol. The van der Waals surface area contributed by atoms with Crippen LogP contribution >= 0.6 is 0 Å². The van der Waals surface area contributed by atoms with Crippen LogP contribution < -0.4 is 10.6 Å². The van der Waals surface area contributed by atoms with E-state index in [2.05, 4.69) is 33.6 Å². The molecule has 6 nitrogen and oxygen atoms in total. The van der Waals surface area contributed by atoms with Gasteiger partial charge in [-0.15, -0.1) is 0 Å². The minimum atomic E-state index is -0.0209. The number of nitrogen functional groups attached to an aromatic ring is 1. The second kappa shape index (κ2) is 5.97. The highest BCUT2D eigenvalue weighted by molar-refractivity contribution is 5.97. The minimum absolute atomic E-state index is 0.0209. The van der Waals surface area contributed by atoms with Gasteiger partial charge < -0.3 is 10.6 Å². The Morgan fingerprint density at radius 2 is 1.95 bits per heavy atom. The van der Waals surface area contributed by atoms with Gasteiger partial charge in [-0.1, -0.05) is 6.92 Å². The van der Waals surface area contributed by atoms with Crippen LogP contribution in [-0.4, -0.2) is 52.9 Å². The summed E-state index contributed by atoms with van der Waals surface area (Å²) in [5, 5.41) is 7.57. The van der Waals surface area contributed by atoms with Crippen LogP contribution in [-0.2, 0) is 0 Å². The fraction of sp³-hybridized carbons (Fsp3) is 0.615. The number of nitrogens with zero attached hydrogens (tertiary/aromatic N) is 4. The molecular weight excluding hydrogens is 240 g/mol. The van der Waals surface area contributed by atoms with E-state index >= 15 is 0 Å². The molecule has 104 valence electrons. The lowest BCUT2D eigenvalue weighted by Gasteiger charge is -2.38. The highest BCUT2D eigenvalue weighted by atomic mass is 15.3. The molecule has 1 fully saturated rings. The zero-order valence-electron chi connectivity index (χ0n) is 11.6. The highest BCUT2D eigenvalue weighted by Crippen LogP contribution is 2.18. The average molecular weight is 262 g/mol.